The fraction of sp³-hybridized carbons (Fsp3) is 0.312. The van der Waals surface area contributed by atoms with Crippen molar-refractivity contribution in [3.63, 3.8) is 0 Å². The smallest absolute Gasteiger partial charge is 0.377 e. The third-order valence-corrected chi connectivity index (χ3v) is 3.94. The molecule has 0 spiro atoms. The zero-order chi connectivity index (χ0) is 15.4. The van der Waals surface area contributed by atoms with Gasteiger partial charge in [-0.05, 0) is 62.0 Å². The Kier molecular flexibility index (Phi) is 4.56. The number of aliphatic imine (C=N–C) groups is 1. The quantitative estimate of drug-likeness (QED) is 0.778. The van der Waals surface area contributed by atoms with Gasteiger partial charge in [-0.2, -0.15) is 0 Å². The molecule has 1 aromatic rings. The summed E-state index contributed by atoms with van der Waals surface area (Å²) in [7, 11) is -2.56. The van der Waals surface area contributed by atoms with Crippen LogP contribution in [-0.4, -0.2) is 36.1 Å². The molecule has 0 atom stereocenters. The van der Waals surface area contributed by atoms with E-state index in [9.17, 15) is 8.63 Å². The third-order valence-electron chi connectivity index (χ3n) is 3.94. The lowest BCUT2D eigenvalue weighted by Gasteiger charge is -2.25. The van der Waals surface area contributed by atoms with Crippen LogP contribution in [0.3, 0.4) is 0 Å². The molecule has 1 saturated heterocycles. The number of halogens is 2. The minimum atomic E-state index is -2.56. The lowest BCUT2D eigenvalue weighted by Crippen LogP contribution is -2.24. The maximum absolute atomic E-state index is 13.2. The summed E-state index contributed by atoms with van der Waals surface area (Å²) in [5, 5.41) is 0. The van der Waals surface area contributed by atoms with Gasteiger partial charge in [0.15, 0.2) is 0 Å². The summed E-state index contributed by atoms with van der Waals surface area (Å²) in [5.74, 6) is 0. The van der Waals surface area contributed by atoms with Gasteiger partial charge in [0.1, 0.15) is 0 Å². The van der Waals surface area contributed by atoms with Crippen molar-refractivity contribution in [2.45, 2.75) is 19.3 Å². The molecule has 0 unspecified atom stereocenters. The minimum Gasteiger partial charge on any atom is -0.377 e. The molecule has 2 aliphatic rings. The molecule has 3 rings (SSSR count). The Morgan fingerprint density at radius 1 is 1.23 bits per heavy atom. The Balaban J connectivity index is 1.93. The van der Waals surface area contributed by atoms with Gasteiger partial charge in [0.05, 0.1) is 5.70 Å². The lowest BCUT2D eigenvalue weighted by atomic mass is 10.1. The van der Waals surface area contributed by atoms with Crippen molar-refractivity contribution in [3.8, 4) is 0 Å². The molecule has 1 fully saturated rings. The van der Waals surface area contributed by atoms with Gasteiger partial charge in [0, 0.05) is 30.6 Å². The van der Waals surface area contributed by atoms with E-state index in [4.69, 9.17) is 0 Å². The number of rotatable bonds is 4. The molecule has 0 N–H and O–H groups in total. The van der Waals surface area contributed by atoms with Crippen molar-refractivity contribution >= 4 is 19.2 Å². The number of hydrogen-bond acceptors (Lipinski definition) is 2. The van der Waals surface area contributed by atoms with Crippen molar-refractivity contribution in [1.29, 1.82) is 0 Å². The zero-order valence-electron chi connectivity index (χ0n) is 12.3. The van der Waals surface area contributed by atoms with Gasteiger partial charge >= 0.3 is 7.40 Å². The zero-order valence-corrected chi connectivity index (χ0v) is 12.3. The van der Waals surface area contributed by atoms with Crippen molar-refractivity contribution < 1.29 is 8.63 Å². The minimum absolute atomic E-state index is 0.488. The average molecular weight is 301 g/mol. The van der Waals surface area contributed by atoms with E-state index in [-0.39, 0.29) is 0 Å². The van der Waals surface area contributed by atoms with E-state index in [1.54, 1.807) is 18.3 Å². The van der Waals surface area contributed by atoms with Crippen molar-refractivity contribution in [1.82, 2.24) is 9.38 Å². The van der Waals surface area contributed by atoms with Gasteiger partial charge in [-0.3, -0.25) is 13.6 Å². The normalized spacial score (nSPS) is 20.2. The van der Waals surface area contributed by atoms with Gasteiger partial charge in [-0.25, -0.2) is 0 Å². The van der Waals surface area contributed by atoms with E-state index in [1.807, 2.05) is 24.4 Å². The van der Waals surface area contributed by atoms with Gasteiger partial charge < -0.3 is 9.38 Å². The fourth-order valence-electron chi connectivity index (χ4n) is 2.80. The first-order valence-corrected chi connectivity index (χ1v) is 7.58. The van der Waals surface area contributed by atoms with Crippen LogP contribution in [0.5, 0.6) is 0 Å². The SMILES string of the molecule is FB(F)n1cccc1C(/C=C/N1CCCCC1)=C1/C=CC=N1. The van der Waals surface area contributed by atoms with Crippen LogP contribution >= 0.6 is 0 Å². The summed E-state index contributed by atoms with van der Waals surface area (Å²) in [5.41, 5.74) is 1.93. The van der Waals surface area contributed by atoms with Crippen LogP contribution < -0.4 is 0 Å². The maximum atomic E-state index is 13.2. The first-order chi connectivity index (χ1) is 10.8. The van der Waals surface area contributed by atoms with Gasteiger partial charge in [-0.15, -0.1) is 0 Å². The van der Waals surface area contributed by atoms with Crippen LogP contribution in [0.4, 0.5) is 8.63 Å². The van der Waals surface area contributed by atoms with Crippen molar-refractivity contribution in [3.05, 3.63) is 54.1 Å². The topological polar surface area (TPSA) is 20.5 Å². The molecule has 22 heavy (non-hydrogen) atoms. The monoisotopic (exact) mass is 301 g/mol. The van der Waals surface area contributed by atoms with Gasteiger partial charge in [0.25, 0.3) is 0 Å². The highest BCUT2D eigenvalue weighted by Crippen LogP contribution is 2.25. The number of allylic oxidation sites excluding steroid dienone is 4. The summed E-state index contributed by atoms with van der Waals surface area (Å²) in [6.07, 6.45) is 14.3. The second-order valence-electron chi connectivity index (χ2n) is 5.43. The third kappa shape index (κ3) is 3.21. The Morgan fingerprint density at radius 3 is 2.73 bits per heavy atom. The number of piperidine rings is 1. The lowest BCUT2D eigenvalue weighted by molar-refractivity contribution is 0.309. The van der Waals surface area contributed by atoms with Crippen LogP contribution in [0.1, 0.15) is 25.0 Å². The standard InChI is InChI=1S/C16H18BF2N3/c18-17(19)22-12-5-7-16(22)14(15-6-4-9-20-15)8-13-21-10-2-1-3-11-21/h4-9,12-13H,1-3,10-11H2/b13-8+,15-14-. The Bertz CT molecular complexity index is 624. The second kappa shape index (κ2) is 6.77. The number of nitrogens with zero attached hydrogens (tertiary/aromatic N) is 3. The molecule has 0 amide bonds. The van der Waals surface area contributed by atoms with Crippen LogP contribution in [0.2, 0.25) is 0 Å². The Labute approximate surface area is 129 Å². The number of hydrogen-bond donors (Lipinski definition) is 0. The van der Waals surface area contributed by atoms with Crippen LogP contribution in [0.25, 0.3) is 5.57 Å². The summed E-state index contributed by atoms with van der Waals surface area (Å²) < 4.78 is 27.3. The molecular weight excluding hydrogens is 283 g/mol. The maximum Gasteiger partial charge on any atom is 0.677 e. The molecule has 0 aromatic carbocycles. The number of aromatic nitrogens is 1. The van der Waals surface area contributed by atoms with E-state index in [1.165, 1.54) is 25.5 Å². The highest BCUT2D eigenvalue weighted by Gasteiger charge is 2.21. The van der Waals surface area contributed by atoms with Crippen LogP contribution in [0.15, 0.2) is 53.4 Å². The summed E-state index contributed by atoms with van der Waals surface area (Å²) in [4.78, 5) is 6.51. The molecule has 0 radical (unpaired) electrons. The second-order valence-corrected chi connectivity index (χ2v) is 5.43. The van der Waals surface area contributed by atoms with Crippen LogP contribution in [0, 0.1) is 0 Å². The number of likely N-dealkylation sites (tertiary alicyclic amines) is 1. The molecule has 0 aliphatic carbocycles. The molecule has 2 aliphatic heterocycles. The Hall–Kier alpha value is -2.11. The molecule has 3 heterocycles. The van der Waals surface area contributed by atoms with E-state index in [0.29, 0.717) is 11.4 Å². The summed E-state index contributed by atoms with van der Waals surface area (Å²) >= 11 is 0. The van der Waals surface area contributed by atoms with Crippen LogP contribution in [-0.2, 0) is 0 Å². The van der Waals surface area contributed by atoms with E-state index >= 15 is 0 Å². The molecule has 3 nitrogen and oxygen atoms in total. The largest absolute Gasteiger partial charge is 0.677 e. The van der Waals surface area contributed by atoms with E-state index < -0.39 is 7.40 Å². The molecular formula is C16H18BF2N3. The molecule has 114 valence electrons. The van der Waals surface area contributed by atoms with E-state index in [2.05, 4.69) is 9.89 Å². The first-order valence-electron chi connectivity index (χ1n) is 7.58. The van der Waals surface area contributed by atoms with E-state index in [0.717, 1.165) is 23.1 Å². The van der Waals surface area contributed by atoms with Crippen molar-refractivity contribution in [2.24, 2.45) is 4.99 Å². The fourth-order valence-corrected chi connectivity index (χ4v) is 2.80. The molecule has 0 saturated carbocycles. The average Bonchev–Trinajstić information content (AvgIpc) is 3.20. The van der Waals surface area contributed by atoms with Crippen molar-refractivity contribution in [2.75, 3.05) is 13.1 Å². The highest BCUT2D eigenvalue weighted by atomic mass is 19.2. The molecule has 1 aromatic heterocycles. The highest BCUT2D eigenvalue weighted by molar-refractivity contribution is 6.41. The molecule has 0 bridgehead atoms. The summed E-state index contributed by atoms with van der Waals surface area (Å²) in [6.45, 7) is 2.04. The summed E-state index contributed by atoms with van der Waals surface area (Å²) in [6, 6.07) is 3.34. The molecule has 6 heteroatoms. The first kappa shape index (κ1) is 14.8. The van der Waals surface area contributed by atoms with Gasteiger partial charge in [0.2, 0.25) is 0 Å². The Morgan fingerprint density at radius 2 is 2.05 bits per heavy atom. The predicted molar refractivity (Wildman–Crippen MR) is 86.9 cm³/mol. The predicted octanol–water partition coefficient (Wildman–Crippen LogP) is 3.61. The van der Waals surface area contributed by atoms with Gasteiger partial charge in [-0.1, -0.05) is 0 Å².